The van der Waals surface area contributed by atoms with E-state index in [9.17, 15) is 4.79 Å². The van der Waals surface area contributed by atoms with E-state index in [1.165, 1.54) is 11.3 Å². The average molecular weight is 509 g/mol. The first-order chi connectivity index (χ1) is 17.7. The molecule has 5 rings (SSSR count). The van der Waals surface area contributed by atoms with Gasteiger partial charge in [-0.1, -0.05) is 46.8 Å². The number of methoxy groups -OCH3 is 2. The molecule has 0 spiro atoms. The summed E-state index contributed by atoms with van der Waals surface area (Å²) >= 11 is 1.40. The Bertz CT molecular complexity index is 1280. The molecule has 0 unspecified atom stereocenters. The van der Waals surface area contributed by atoms with E-state index < -0.39 is 0 Å². The summed E-state index contributed by atoms with van der Waals surface area (Å²) in [7, 11) is 3.22. The van der Waals surface area contributed by atoms with Gasteiger partial charge in [0.2, 0.25) is 0 Å². The standard InChI is InChI=1S/C26H28N4O5S/c1-32-20-9-10-21(33-2)24-23(20)27-26(36-24)30(12-6-11-29-13-15-34-16-14-29)25(31)19-17-22(35-28-19)18-7-4-3-5-8-18/h3-5,7-10,17H,6,11-16H2,1-2H3. The number of hydrogen-bond donors (Lipinski definition) is 0. The molecule has 0 aliphatic carbocycles. The van der Waals surface area contributed by atoms with Gasteiger partial charge in [0.25, 0.3) is 5.91 Å². The van der Waals surface area contributed by atoms with Crippen molar-refractivity contribution < 1.29 is 23.5 Å². The van der Waals surface area contributed by atoms with Crippen LogP contribution in [0.15, 0.2) is 53.1 Å². The summed E-state index contributed by atoms with van der Waals surface area (Å²) < 4.78 is 22.8. The average Bonchev–Trinajstić information content (AvgIpc) is 3.60. The molecule has 0 N–H and O–H groups in total. The maximum absolute atomic E-state index is 13.7. The maximum atomic E-state index is 13.7. The van der Waals surface area contributed by atoms with Crippen molar-refractivity contribution in [3.05, 3.63) is 54.2 Å². The predicted octanol–water partition coefficient (Wildman–Crippen LogP) is 4.34. The van der Waals surface area contributed by atoms with Crippen LogP contribution in [0.3, 0.4) is 0 Å². The lowest BCUT2D eigenvalue weighted by atomic mass is 10.1. The largest absolute Gasteiger partial charge is 0.495 e. The molecule has 3 heterocycles. The Balaban J connectivity index is 1.45. The van der Waals surface area contributed by atoms with Crippen LogP contribution in [0.25, 0.3) is 21.5 Å². The van der Waals surface area contributed by atoms with Crippen LogP contribution in [0.2, 0.25) is 0 Å². The molecule has 188 valence electrons. The van der Waals surface area contributed by atoms with Crippen LogP contribution in [0.5, 0.6) is 11.5 Å². The lowest BCUT2D eigenvalue weighted by Gasteiger charge is -2.27. The second-order valence-electron chi connectivity index (χ2n) is 8.35. The number of anilines is 1. The molecule has 1 fully saturated rings. The molecule has 0 bridgehead atoms. The van der Waals surface area contributed by atoms with Crippen molar-refractivity contribution in [1.82, 2.24) is 15.0 Å². The van der Waals surface area contributed by atoms with Crippen molar-refractivity contribution in [2.75, 3.05) is 58.5 Å². The molecule has 1 amide bonds. The number of nitrogens with zero attached hydrogens (tertiary/aromatic N) is 4. The van der Waals surface area contributed by atoms with Crippen LogP contribution in [0.4, 0.5) is 5.13 Å². The minimum absolute atomic E-state index is 0.235. The highest BCUT2D eigenvalue weighted by Gasteiger charge is 2.26. The first-order valence-corrected chi connectivity index (χ1v) is 12.6. The fourth-order valence-corrected chi connectivity index (χ4v) is 5.30. The van der Waals surface area contributed by atoms with Gasteiger partial charge in [-0.05, 0) is 18.6 Å². The van der Waals surface area contributed by atoms with Gasteiger partial charge in [0.1, 0.15) is 21.7 Å². The van der Waals surface area contributed by atoms with E-state index in [0.29, 0.717) is 34.5 Å². The third-order valence-corrected chi connectivity index (χ3v) is 7.22. The number of hydrogen-bond acceptors (Lipinski definition) is 9. The number of rotatable bonds is 9. The smallest absolute Gasteiger partial charge is 0.282 e. The van der Waals surface area contributed by atoms with Gasteiger partial charge in [0, 0.05) is 37.8 Å². The van der Waals surface area contributed by atoms with E-state index in [1.807, 2.05) is 42.5 Å². The first-order valence-electron chi connectivity index (χ1n) is 11.8. The SMILES string of the molecule is COc1ccc(OC)c2sc(N(CCCN3CCOCC3)C(=O)c3cc(-c4ccccc4)on3)nc12. The van der Waals surface area contributed by atoms with Crippen LogP contribution in [-0.2, 0) is 4.74 Å². The van der Waals surface area contributed by atoms with Crippen molar-refractivity contribution >= 4 is 32.6 Å². The van der Waals surface area contributed by atoms with Crippen LogP contribution in [0, 0.1) is 0 Å². The predicted molar refractivity (Wildman–Crippen MR) is 138 cm³/mol. The molecule has 2 aromatic heterocycles. The Kier molecular flexibility index (Phi) is 7.45. The van der Waals surface area contributed by atoms with Crippen LogP contribution >= 0.6 is 11.3 Å². The molecule has 2 aromatic carbocycles. The molecule has 4 aromatic rings. The van der Waals surface area contributed by atoms with E-state index in [2.05, 4.69) is 10.1 Å². The number of carbonyl (C=O) groups excluding carboxylic acids is 1. The van der Waals surface area contributed by atoms with Crippen LogP contribution < -0.4 is 14.4 Å². The molecule has 10 heteroatoms. The maximum Gasteiger partial charge on any atom is 0.282 e. The van der Waals surface area contributed by atoms with Gasteiger partial charge in [-0.25, -0.2) is 4.98 Å². The molecule has 9 nitrogen and oxygen atoms in total. The third kappa shape index (κ3) is 5.06. The van der Waals surface area contributed by atoms with Gasteiger partial charge in [0.05, 0.1) is 27.4 Å². The summed E-state index contributed by atoms with van der Waals surface area (Å²) in [4.78, 5) is 22.6. The van der Waals surface area contributed by atoms with Gasteiger partial charge < -0.3 is 18.7 Å². The van der Waals surface area contributed by atoms with Crippen LogP contribution in [-0.4, -0.2) is 74.6 Å². The van der Waals surface area contributed by atoms with E-state index in [4.69, 9.17) is 23.7 Å². The molecule has 0 atom stereocenters. The summed E-state index contributed by atoms with van der Waals surface area (Å²) in [5.41, 5.74) is 1.75. The highest BCUT2D eigenvalue weighted by molar-refractivity contribution is 7.22. The summed E-state index contributed by atoms with van der Waals surface area (Å²) in [5, 5.41) is 4.65. The minimum Gasteiger partial charge on any atom is -0.495 e. The minimum atomic E-state index is -0.264. The van der Waals surface area contributed by atoms with E-state index >= 15 is 0 Å². The normalized spacial score (nSPS) is 14.2. The summed E-state index contributed by atoms with van der Waals surface area (Å²) in [5.74, 6) is 1.59. The Morgan fingerprint density at radius 2 is 1.83 bits per heavy atom. The molecular formula is C26H28N4O5S. The zero-order chi connectivity index (χ0) is 24.9. The summed E-state index contributed by atoms with van der Waals surface area (Å²) in [6.07, 6.45) is 0.777. The van der Waals surface area contributed by atoms with Gasteiger partial charge in [-0.15, -0.1) is 0 Å². The van der Waals surface area contributed by atoms with E-state index in [1.54, 1.807) is 25.2 Å². The lowest BCUT2D eigenvalue weighted by molar-refractivity contribution is 0.0376. The Morgan fingerprint density at radius 3 is 2.58 bits per heavy atom. The fraction of sp³-hybridized carbons (Fsp3) is 0.346. The van der Waals surface area contributed by atoms with Crippen molar-refractivity contribution in [2.24, 2.45) is 0 Å². The van der Waals surface area contributed by atoms with Gasteiger partial charge in [0.15, 0.2) is 16.6 Å². The molecule has 1 saturated heterocycles. The Morgan fingerprint density at radius 1 is 1.08 bits per heavy atom. The van der Waals surface area contributed by atoms with Gasteiger partial charge in [-0.3, -0.25) is 14.6 Å². The highest BCUT2D eigenvalue weighted by Crippen LogP contribution is 2.40. The second-order valence-corrected chi connectivity index (χ2v) is 9.33. The Hall–Kier alpha value is -3.47. The van der Waals surface area contributed by atoms with Crippen molar-refractivity contribution in [3.63, 3.8) is 0 Å². The quantitative estimate of drug-likeness (QED) is 0.330. The zero-order valence-corrected chi connectivity index (χ0v) is 21.1. The summed E-state index contributed by atoms with van der Waals surface area (Å²) in [6, 6.07) is 14.9. The molecule has 0 saturated carbocycles. The number of fused-ring (bicyclic) bond motifs is 1. The van der Waals surface area contributed by atoms with Gasteiger partial charge >= 0.3 is 0 Å². The molecule has 1 aliphatic rings. The molecule has 0 radical (unpaired) electrons. The topological polar surface area (TPSA) is 90.2 Å². The lowest BCUT2D eigenvalue weighted by Crippen LogP contribution is -2.39. The molecular weight excluding hydrogens is 480 g/mol. The third-order valence-electron chi connectivity index (χ3n) is 6.12. The number of amides is 1. The van der Waals surface area contributed by atoms with Crippen molar-refractivity contribution in [3.8, 4) is 22.8 Å². The second kappa shape index (κ2) is 11.1. The number of carbonyl (C=O) groups is 1. The number of morpholine rings is 1. The summed E-state index contributed by atoms with van der Waals surface area (Å²) in [6.45, 7) is 4.61. The van der Waals surface area contributed by atoms with Crippen LogP contribution in [0.1, 0.15) is 16.9 Å². The highest BCUT2D eigenvalue weighted by atomic mass is 32.1. The molecule has 1 aliphatic heterocycles. The number of benzene rings is 2. The number of aromatic nitrogens is 2. The van der Waals surface area contributed by atoms with Crippen molar-refractivity contribution in [2.45, 2.75) is 6.42 Å². The van der Waals surface area contributed by atoms with E-state index in [-0.39, 0.29) is 11.6 Å². The van der Waals surface area contributed by atoms with Gasteiger partial charge in [-0.2, -0.15) is 0 Å². The monoisotopic (exact) mass is 508 g/mol. The Labute approximate surface area is 213 Å². The number of ether oxygens (including phenoxy) is 3. The van der Waals surface area contributed by atoms with Crippen molar-refractivity contribution in [1.29, 1.82) is 0 Å². The number of thiazole rings is 1. The molecule has 36 heavy (non-hydrogen) atoms. The fourth-order valence-electron chi connectivity index (χ4n) is 4.20. The zero-order valence-electron chi connectivity index (χ0n) is 20.3. The van der Waals surface area contributed by atoms with E-state index in [0.717, 1.165) is 49.5 Å². The first kappa shape index (κ1) is 24.2.